The molecule has 0 saturated carbocycles. The summed E-state index contributed by atoms with van der Waals surface area (Å²) in [7, 11) is 0. The number of aromatic amines is 1. The zero-order valence-corrected chi connectivity index (χ0v) is 10.5. The van der Waals surface area contributed by atoms with Gasteiger partial charge in [-0.2, -0.15) is 0 Å². The van der Waals surface area contributed by atoms with Crippen molar-refractivity contribution in [2.75, 3.05) is 6.54 Å². The molecule has 0 bridgehead atoms. The van der Waals surface area contributed by atoms with E-state index in [0.717, 1.165) is 17.8 Å². The fourth-order valence-electron chi connectivity index (χ4n) is 2.46. The van der Waals surface area contributed by atoms with Crippen molar-refractivity contribution in [3.63, 3.8) is 0 Å². The van der Waals surface area contributed by atoms with Gasteiger partial charge >= 0.3 is 5.97 Å². The second-order valence-corrected chi connectivity index (χ2v) is 4.59. The Morgan fingerprint density at radius 2 is 2.53 bits per heavy atom. The standard InChI is InChI=1S/C12H14N4O3/c1-7-15-8(5-19-7)4-16-3-2-9-10(14-6-13-9)11(16)12(17)18/h5-6,11H,2-4H2,1H3,(H,13,14)(H,17,18)/t11-/m0/s1. The molecule has 0 amide bonds. The molecule has 1 aliphatic rings. The summed E-state index contributed by atoms with van der Waals surface area (Å²) in [5, 5.41) is 9.42. The van der Waals surface area contributed by atoms with Crippen molar-refractivity contribution in [1.29, 1.82) is 0 Å². The highest BCUT2D eigenvalue weighted by atomic mass is 16.4. The Kier molecular flexibility index (Phi) is 2.83. The van der Waals surface area contributed by atoms with E-state index in [1.165, 1.54) is 0 Å². The van der Waals surface area contributed by atoms with Crippen LogP contribution >= 0.6 is 0 Å². The van der Waals surface area contributed by atoms with Crippen LogP contribution in [0.1, 0.15) is 29.0 Å². The number of imidazole rings is 1. The summed E-state index contributed by atoms with van der Waals surface area (Å²) in [6.07, 6.45) is 3.87. The van der Waals surface area contributed by atoms with E-state index in [-0.39, 0.29) is 0 Å². The Bertz CT molecular complexity index is 604. The SMILES string of the molecule is Cc1nc(CN2CCc3[nH]cnc3[C@H]2C(=O)O)co1. The molecule has 0 spiro atoms. The molecule has 3 heterocycles. The maximum Gasteiger partial charge on any atom is 0.327 e. The Balaban J connectivity index is 1.87. The first kappa shape index (κ1) is 11.9. The number of carboxylic acid groups (broad SMARTS) is 1. The Morgan fingerprint density at radius 3 is 3.21 bits per heavy atom. The number of H-pyrrole nitrogens is 1. The lowest BCUT2D eigenvalue weighted by molar-refractivity contribution is -0.144. The van der Waals surface area contributed by atoms with Crippen LogP contribution in [0, 0.1) is 6.92 Å². The molecule has 7 nitrogen and oxygen atoms in total. The van der Waals surface area contributed by atoms with Gasteiger partial charge in [0.25, 0.3) is 0 Å². The Morgan fingerprint density at radius 1 is 1.68 bits per heavy atom. The maximum absolute atomic E-state index is 11.5. The molecule has 0 radical (unpaired) electrons. The third-order valence-electron chi connectivity index (χ3n) is 3.29. The van der Waals surface area contributed by atoms with E-state index >= 15 is 0 Å². The molecule has 1 atom stereocenters. The van der Waals surface area contributed by atoms with E-state index in [2.05, 4.69) is 15.0 Å². The summed E-state index contributed by atoms with van der Waals surface area (Å²) < 4.78 is 5.15. The smallest absolute Gasteiger partial charge is 0.327 e. The van der Waals surface area contributed by atoms with E-state index in [9.17, 15) is 9.90 Å². The van der Waals surface area contributed by atoms with E-state index in [1.54, 1.807) is 19.5 Å². The van der Waals surface area contributed by atoms with Crippen LogP contribution in [-0.2, 0) is 17.8 Å². The first-order valence-corrected chi connectivity index (χ1v) is 6.05. The molecule has 0 fully saturated rings. The zero-order chi connectivity index (χ0) is 13.4. The van der Waals surface area contributed by atoms with Gasteiger partial charge in [0.15, 0.2) is 11.9 Å². The number of nitrogens with zero attached hydrogens (tertiary/aromatic N) is 3. The van der Waals surface area contributed by atoms with Gasteiger partial charge in [0, 0.05) is 32.1 Å². The molecule has 1 aliphatic heterocycles. The van der Waals surface area contributed by atoms with Crippen molar-refractivity contribution in [2.45, 2.75) is 25.9 Å². The van der Waals surface area contributed by atoms with Gasteiger partial charge in [0.1, 0.15) is 6.26 Å². The highest BCUT2D eigenvalue weighted by Gasteiger charge is 2.35. The molecule has 7 heteroatoms. The molecule has 2 N–H and O–H groups in total. The highest BCUT2D eigenvalue weighted by Crippen LogP contribution is 2.28. The highest BCUT2D eigenvalue weighted by molar-refractivity contribution is 5.75. The molecule has 100 valence electrons. The summed E-state index contributed by atoms with van der Waals surface area (Å²) >= 11 is 0. The molecular weight excluding hydrogens is 248 g/mol. The normalized spacial score (nSPS) is 19.3. The Hall–Kier alpha value is -2.15. The molecule has 2 aromatic rings. The summed E-state index contributed by atoms with van der Waals surface area (Å²) in [6, 6.07) is -0.730. The van der Waals surface area contributed by atoms with Crippen LogP contribution in [-0.4, -0.2) is 37.5 Å². The first-order chi connectivity index (χ1) is 9.15. The third-order valence-corrected chi connectivity index (χ3v) is 3.29. The number of fused-ring (bicyclic) bond motifs is 1. The summed E-state index contributed by atoms with van der Waals surface area (Å²) in [5.41, 5.74) is 2.24. The Labute approximate surface area is 109 Å². The number of carbonyl (C=O) groups is 1. The summed E-state index contributed by atoms with van der Waals surface area (Å²) in [4.78, 5) is 24.7. The van der Waals surface area contributed by atoms with Crippen LogP contribution in [0.4, 0.5) is 0 Å². The molecule has 0 aromatic carbocycles. The maximum atomic E-state index is 11.5. The number of oxazole rings is 1. The lowest BCUT2D eigenvalue weighted by Crippen LogP contribution is -2.39. The average Bonchev–Trinajstić information content (AvgIpc) is 2.97. The topological polar surface area (TPSA) is 95.2 Å². The fraction of sp³-hybridized carbons (Fsp3) is 0.417. The van der Waals surface area contributed by atoms with E-state index in [0.29, 0.717) is 24.7 Å². The lowest BCUT2D eigenvalue weighted by Gasteiger charge is -2.31. The fourth-order valence-corrected chi connectivity index (χ4v) is 2.46. The zero-order valence-electron chi connectivity index (χ0n) is 10.5. The summed E-state index contributed by atoms with van der Waals surface area (Å²) in [5.74, 6) is -0.312. The second-order valence-electron chi connectivity index (χ2n) is 4.59. The van der Waals surface area contributed by atoms with Crippen LogP contribution in [0.15, 0.2) is 17.0 Å². The van der Waals surface area contributed by atoms with Crippen LogP contribution in [0.25, 0.3) is 0 Å². The number of aromatic nitrogens is 3. The number of carboxylic acids is 1. The van der Waals surface area contributed by atoms with Gasteiger partial charge in [-0.15, -0.1) is 0 Å². The minimum absolute atomic E-state index is 0.445. The van der Waals surface area contributed by atoms with Gasteiger partial charge in [-0.3, -0.25) is 9.69 Å². The van der Waals surface area contributed by atoms with Crippen molar-refractivity contribution in [1.82, 2.24) is 19.9 Å². The van der Waals surface area contributed by atoms with Gasteiger partial charge in [0.2, 0.25) is 0 Å². The lowest BCUT2D eigenvalue weighted by atomic mass is 10.0. The van der Waals surface area contributed by atoms with Gasteiger partial charge in [0.05, 0.1) is 17.7 Å². The van der Waals surface area contributed by atoms with Crippen LogP contribution in [0.5, 0.6) is 0 Å². The van der Waals surface area contributed by atoms with Gasteiger partial charge in [-0.05, 0) is 0 Å². The van der Waals surface area contributed by atoms with E-state index < -0.39 is 12.0 Å². The van der Waals surface area contributed by atoms with Crippen molar-refractivity contribution in [3.05, 3.63) is 35.6 Å². The van der Waals surface area contributed by atoms with E-state index in [4.69, 9.17) is 4.42 Å². The molecule has 2 aromatic heterocycles. The van der Waals surface area contributed by atoms with Crippen molar-refractivity contribution >= 4 is 5.97 Å². The van der Waals surface area contributed by atoms with Crippen LogP contribution < -0.4 is 0 Å². The molecule has 0 unspecified atom stereocenters. The number of hydrogen-bond acceptors (Lipinski definition) is 5. The number of nitrogens with one attached hydrogen (secondary N) is 1. The van der Waals surface area contributed by atoms with Gasteiger partial charge in [-0.25, -0.2) is 9.97 Å². The largest absolute Gasteiger partial charge is 0.480 e. The predicted molar refractivity (Wildman–Crippen MR) is 64.3 cm³/mol. The minimum atomic E-state index is -0.895. The summed E-state index contributed by atoms with van der Waals surface area (Å²) in [6.45, 7) is 2.86. The first-order valence-electron chi connectivity index (χ1n) is 6.05. The van der Waals surface area contributed by atoms with Crippen LogP contribution in [0.3, 0.4) is 0 Å². The molecule has 0 aliphatic carbocycles. The van der Waals surface area contributed by atoms with Gasteiger partial charge < -0.3 is 14.5 Å². The molecule has 3 rings (SSSR count). The number of aliphatic carboxylic acids is 1. The number of rotatable bonds is 3. The van der Waals surface area contributed by atoms with Gasteiger partial charge in [-0.1, -0.05) is 0 Å². The second kappa shape index (κ2) is 4.51. The van der Waals surface area contributed by atoms with Crippen molar-refractivity contribution in [2.24, 2.45) is 0 Å². The quantitative estimate of drug-likeness (QED) is 0.853. The van der Waals surface area contributed by atoms with Crippen LogP contribution in [0.2, 0.25) is 0 Å². The third kappa shape index (κ3) is 2.12. The monoisotopic (exact) mass is 262 g/mol. The average molecular weight is 262 g/mol. The minimum Gasteiger partial charge on any atom is -0.480 e. The predicted octanol–water partition coefficient (Wildman–Crippen LogP) is 0.890. The van der Waals surface area contributed by atoms with E-state index in [1.807, 2.05) is 4.90 Å². The molecular formula is C12H14N4O3. The molecule has 19 heavy (non-hydrogen) atoms. The number of hydrogen-bond donors (Lipinski definition) is 2. The van der Waals surface area contributed by atoms with Crippen molar-refractivity contribution < 1.29 is 14.3 Å². The number of aryl methyl sites for hydroxylation is 1. The van der Waals surface area contributed by atoms with Crippen molar-refractivity contribution in [3.8, 4) is 0 Å². The molecule has 0 saturated heterocycles.